The molecule has 26 heavy (non-hydrogen) atoms. The minimum absolute atomic E-state index is 0. The second-order valence-corrected chi connectivity index (χ2v) is 8.83. The molecule has 0 spiro atoms. The van der Waals surface area contributed by atoms with Crippen LogP contribution in [0.3, 0.4) is 0 Å². The van der Waals surface area contributed by atoms with Gasteiger partial charge in [0.15, 0.2) is 0 Å². The molecule has 0 saturated carbocycles. The summed E-state index contributed by atoms with van der Waals surface area (Å²) in [6, 6.07) is 7.48. The summed E-state index contributed by atoms with van der Waals surface area (Å²) < 4.78 is 26.4. The van der Waals surface area contributed by atoms with Gasteiger partial charge < -0.3 is 10.6 Å². The minimum atomic E-state index is -3.48. The van der Waals surface area contributed by atoms with Crippen LogP contribution in [-0.2, 0) is 10.0 Å². The summed E-state index contributed by atoms with van der Waals surface area (Å²) in [5, 5.41) is 6.66. The number of hydrogen-bond donors (Lipinski definition) is 2. The molecule has 2 bridgehead atoms. The molecule has 0 aromatic heterocycles. The summed E-state index contributed by atoms with van der Waals surface area (Å²) in [7, 11) is -3.48. The highest BCUT2D eigenvalue weighted by atomic mass is 35.5. The number of piperidine rings is 1. The number of carbonyl (C=O) groups is 1. The van der Waals surface area contributed by atoms with Gasteiger partial charge in [-0.1, -0.05) is 13.8 Å². The van der Waals surface area contributed by atoms with Crippen molar-refractivity contribution in [3.05, 3.63) is 29.8 Å². The number of hydrogen-bond acceptors (Lipinski definition) is 4. The van der Waals surface area contributed by atoms with Crippen molar-refractivity contribution < 1.29 is 13.2 Å². The molecule has 146 valence electrons. The zero-order valence-electron chi connectivity index (χ0n) is 15.3. The fraction of sp³-hybridized carbons (Fsp3) is 0.611. The van der Waals surface area contributed by atoms with Gasteiger partial charge >= 0.3 is 0 Å². The van der Waals surface area contributed by atoms with Gasteiger partial charge in [0, 0.05) is 36.8 Å². The Morgan fingerprint density at radius 2 is 1.65 bits per heavy atom. The van der Waals surface area contributed by atoms with Crippen molar-refractivity contribution in [2.45, 2.75) is 62.6 Å². The Kier molecular flexibility index (Phi) is 7.07. The lowest BCUT2D eigenvalue weighted by Crippen LogP contribution is -2.48. The Morgan fingerprint density at radius 3 is 2.15 bits per heavy atom. The Labute approximate surface area is 162 Å². The molecule has 8 heteroatoms. The van der Waals surface area contributed by atoms with Gasteiger partial charge in [-0.05, 0) is 49.9 Å². The highest BCUT2D eigenvalue weighted by Gasteiger charge is 2.34. The Hall–Kier alpha value is -1.15. The normalized spacial score (nSPS) is 25.0. The third kappa shape index (κ3) is 4.39. The molecule has 2 saturated heterocycles. The summed E-state index contributed by atoms with van der Waals surface area (Å²) in [5.74, 6) is -0.127. The van der Waals surface area contributed by atoms with Crippen molar-refractivity contribution >= 4 is 28.3 Å². The first kappa shape index (κ1) is 21.2. The minimum Gasteiger partial charge on any atom is -0.349 e. The summed E-state index contributed by atoms with van der Waals surface area (Å²) in [6.07, 6.45) is 4.32. The van der Waals surface area contributed by atoms with Gasteiger partial charge in [0.25, 0.3) is 5.91 Å². The van der Waals surface area contributed by atoms with Gasteiger partial charge in [0.05, 0.1) is 4.90 Å². The van der Waals surface area contributed by atoms with Crippen molar-refractivity contribution in [2.24, 2.45) is 0 Å². The second kappa shape index (κ2) is 8.69. The maximum absolute atomic E-state index is 12.5. The van der Waals surface area contributed by atoms with Crippen molar-refractivity contribution in [3.8, 4) is 0 Å². The lowest BCUT2D eigenvalue weighted by Gasteiger charge is -2.29. The van der Waals surface area contributed by atoms with Crippen LogP contribution in [0, 0.1) is 0 Å². The van der Waals surface area contributed by atoms with Gasteiger partial charge in [-0.3, -0.25) is 4.79 Å². The number of benzene rings is 1. The molecule has 6 nitrogen and oxygen atoms in total. The van der Waals surface area contributed by atoms with Crippen LogP contribution in [0.25, 0.3) is 0 Å². The summed E-state index contributed by atoms with van der Waals surface area (Å²) in [5.41, 5.74) is 0.504. The SMILES string of the molecule is CCN(CC)S(=O)(=O)c1ccc(C(=O)NC2CC3CCC(C2)N3)cc1.Cl. The summed E-state index contributed by atoms with van der Waals surface area (Å²) >= 11 is 0. The van der Waals surface area contributed by atoms with Gasteiger partial charge in [0.2, 0.25) is 10.0 Å². The predicted octanol–water partition coefficient (Wildman–Crippen LogP) is 2.15. The first-order valence-electron chi connectivity index (χ1n) is 9.11. The Balaban J connectivity index is 0.00000243. The van der Waals surface area contributed by atoms with Crippen LogP contribution in [0.2, 0.25) is 0 Å². The van der Waals surface area contributed by atoms with E-state index < -0.39 is 10.0 Å². The first-order valence-corrected chi connectivity index (χ1v) is 10.5. The van der Waals surface area contributed by atoms with E-state index in [0.29, 0.717) is 30.7 Å². The summed E-state index contributed by atoms with van der Waals surface area (Å²) in [4.78, 5) is 12.7. The van der Waals surface area contributed by atoms with Crippen molar-refractivity contribution in [2.75, 3.05) is 13.1 Å². The lowest BCUT2D eigenvalue weighted by atomic mass is 9.99. The molecule has 3 rings (SSSR count). The number of rotatable bonds is 6. The monoisotopic (exact) mass is 401 g/mol. The van der Waals surface area contributed by atoms with Gasteiger partial charge in [-0.2, -0.15) is 4.31 Å². The van der Waals surface area contributed by atoms with Gasteiger partial charge in [0.1, 0.15) is 0 Å². The van der Waals surface area contributed by atoms with Crippen LogP contribution < -0.4 is 10.6 Å². The predicted molar refractivity (Wildman–Crippen MR) is 104 cm³/mol. The molecule has 0 aliphatic carbocycles. The lowest BCUT2D eigenvalue weighted by molar-refractivity contribution is 0.0924. The number of nitrogens with one attached hydrogen (secondary N) is 2. The fourth-order valence-corrected chi connectivity index (χ4v) is 5.39. The largest absolute Gasteiger partial charge is 0.349 e. The van der Waals surface area contributed by atoms with Gasteiger partial charge in [-0.15, -0.1) is 12.4 Å². The molecule has 0 radical (unpaired) electrons. The number of fused-ring (bicyclic) bond motifs is 2. The smallest absolute Gasteiger partial charge is 0.251 e. The quantitative estimate of drug-likeness (QED) is 0.765. The molecule has 2 N–H and O–H groups in total. The second-order valence-electron chi connectivity index (χ2n) is 6.89. The van der Waals surface area contributed by atoms with Crippen LogP contribution >= 0.6 is 12.4 Å². The van der Waals surface area contributed by atoms with E-state index in [0.717, 1.165) is 12.8 Å². The van der Waals surface area contributed by atoms with Crippen molar-refractivity contribution in [3.63, 3.8) is 0 Å². The van der Waals surface area contributed by atoms with E-state index in [9.17, 15) is 13.2 Å². The Bertz CT molecular complexity index is 708. The molecule has 2 unspecified atom stereocenters. The molecule has 2 fully saturated rings. The van der Waals surface area contributed by atoms with E-state index in [2.05, 4.69) is 10.6 Å². The van der Waals surface area contributed by atoms with Crippen LogP contribution in [0.1, 0.15) is 49.9 Å². The van der Waals surface area contributed by atoms with Crippen molar-refractivity contribution in [1.29, 1.82) is 0 Å². The number of halogens is 1. The maximum Gasteiger partial charge on any atom is 0.251 e. The fourth-order valence-electron chi connectivity index (χ4n) is 3.93. The van der Waals surface area contributed by atoms with Crippen LogP contribution in [0.4, 0.5) is 0 Å². The zero-order chi connectivity index (χ0) is 18.0. The van der Waals surface area contributed by atoms with Crippen LogP contribution in [-0.4, -0.2) is 49.8 Å². The number of amides is 1. The number of sulfonamides is 1. The third-order valence-corrected chi connectivity index (χ3v) is 7.33. The van der Waals surface area contributed by atoms with E-state index in [1.807, 2.05) is 13.8 Å². The molecule has 2 atom stereocenters. The van der Waals surface area contributed by atoms with E-state index in [1.165, 1.54) is 29.3 Å². The molecule has 1 aromatic carbocycles. The van der Waals surface area contributed by atoms with E-state index in [4.69, 9.17) is 0 Å². The van der Waals surface area contributed by atoms with Crippen molar-refractivity contribution in [1.82, 2.24) is 14.9 Å². The van der Waals surface area contributed by atoms with E-state index in [1.54, 1.807) is 12.1 Å². The van der Waals surface area contributed by atoms with E-state index >= 15 is 0 Å². The average molecular weight is 402 g/mol. The molecular formula is C18H28ClN3O3S. The van der Waals surface area contributed by atoms with Gasteiger partial charge in [-0.25, -0.2) is 8.42 Å². The van der Waals surface area contributed by atoms with Crippen LogP contribution in [0.15, 0.2) is 29.2 Å². The van der Waals surface area contributed by atoms with Crippen LogP contribution in [0.5, 0.6) is 0 Å². The standard InChI is InChI=1S/C18H27N3O3S.ClH/c1-3-21(4-2)25(23,24)17-9-5-13(6-10-17)18(22)20-16-11-14-7-8-15(12-16)19-14;/h5-6,9-10,14-16,19H,3-4,7-8,11-12H2,1-2H3,(H,20,22);1H. The molecule has 2 heterocycles. The highest BCUT2D eigenvalue weighted by molar-refractivity contribution is 7.89. The van der Waals surface area contributed by atoms with E-state index in [-0.39, 0.29) is 29.3 Å². The maximum atomic E-state index is 12.5. The highest BCUT2D eigenvalue weighted by Crippen LogP contribution is 2.27. The average Bonchev–Trinajstić information content (AvgIpc) is 2.94. The molecule has 2 aliphatic heterocycles. The molecule has 1 amide bonds. The molecular weight excluding hydrogens is 374 g/mol. The number of carbonyl (C=O) groups excluding carboxylic acids is 1. The molecule has 1 aromatic rings. The summed E-state index contributed by atoms with van der Waals surface area (Å²) in [6.45, 7) is 4.49. The first-order chi connectivity index (χ1) is 11.9. The third-order valence-electron chi connectivity index (χ3n) is 5.27. The Morgan fingerprint density at radius 1 is 1.12 bits per heavy atom. The zero-order valence-corrected chi connectivity index (χ0v) is 16.9. The molecule has 2 aliphatic rings. The topological polar surface area (TPSA) is 78.5 Å². The number of nitrogens with zero attached hydrogens (tertiary/aromatic N) is 1.